The molecule has 0 spiro atoms. The third kappa shape index (κ3) is 1.62. The minimum absolute atomic E-state index is 0.147. The van der Waals surface area contributed by atoms with Crippen LogP contribution < -0.4 is 5.73 Å². The number of aromatic nitrogens is 1. The molecular formula is C9H10N2O. The van der Waals surface area contributed by atoms with E-state index in [2.05, 4.69) is 10.9 Å². The van der Waals surface area contributed by atoms with Gasteiger partial charge in [-0.05, 0) is 12.1 Å². The normalized spacial score (nSPS) is 12.1. The highest BCUT2D eigenvalue weighted by Gasteiger charge is 2.08. The van der Waals surface area contributed by atoms with Gasteiger partial charge in [-0.3, -0.25) is 4.98 Å². The third-order valence-corrected chi connectivity index (χ3v) is 1.54. The van der Waals surface area contributed by atoms with Crippen LogP contribution in [0.15, 0.2) is 18.3 Å². The molecule has 1 heterocycles. The maximum atomic E-state index is 8.77. The number of nitrogens with two attached hydrogens (primary N) is 1. The number of nitrogens with zero attached hydrogens (tertiary/aromatic N) is 1. The molecule has 0 fully saturated rings. The number of aliphatic hydroxyl groups is 1. The Morgan fingerprint density at radius 3 is 3.08 bits per heavy atom. The molecule has 3 heteroatoms. The zero-order chi connectivity index (χ0) is 8.97. The van der Waals surface area contributed by atoms with Gasteiger partial charge in [0.1, 0.15) is 0 Å². The van der Waals surface area contributed by atoms with Crippen molar-refractivity contribution in [3.63, 3.8) is 0 Å². The lowest BCUT2D eigenvalue weighted by molar-refractivity contribution is 0.265. The summed E-state index contributed by atoms with van der Waals surface area (Å²) >= 11 is 0. The van der Waals surface area contributed by atoms with Crippen molar-refractivity contribution >= 4 is 0 Å². The molecular weight excluding hydrogens is 152 g/mol. The van der Waals surface area contributed by atoms with Gasteiger partial charge in [0.25, 0.3) is 0 Å². The molecule has 0 unspecified atom stereocenters. The van der Waals surface area contributed by atoms with Crippen LogP contribution in [0.4, 0.5) is 0 Å². The van der Waals surface area contributed by atoms with Gasteiger partial charge < -0.3 is 10.8 Å². The van der Waals surface area contributed by atoms with E-state index in [9.17, 15) is 0 Å². The van der Waals surface area contributed by atoms with Crippen LogP contribution in [0, 0.1) is 12.3 Å². The molecule has 0 radical (unpaired) electrons. The van der Waals surface area contributed by atoms with E-state index in [1.165, 1.54) is 0 Å². The highest BCUT2D eigenvalue weighted by atomic mass is 16.3. The van der Waals surface area contributed by atoms with Crippen LogP contribution in [0.5, 0.6) is 0 Å². The SMILES string of the molecule is C#Cc1cccnc1[C@H](N)CO. The minimum atomic E-state index is -0.489. The van der Waals surface area contributed by atoms with Gasteiger partial charge in [0.05, 0.1) is 18.3 Å². The van der Waals surface area contributed by atoms with E-state index in [0.29, 0.717) is 11.3 Å². The highest BCUT2D eigenvalue weighted by Crippen LogP contribution is 2.10. The van der Waals surface area contributed by atoms with Gasteiger partial charge in [-0.25, -0.2) is 0 Å². The van der Waals surface area contributed by atoms with E-state index in [1.54, 1.807) is 18.3 Å². The van der Waals surface area contributed by atoms with Gasteiger partial charge >= 0.3 is 0 Å². The number of terminal acetylenes is 1. The van der Waals surface area contributed by atoms with E-state index in [0.717, 1.165) is 0 Å². The van der Waals surface area contributed by atoms with Crippen LogP contribution in [-0.4, -0.2) is 16.7 Å². The fourth-order valence-corrected chi connectivity index (χ4v) is 0.922. The Morgan fingerprint density at radius 2 is 2.50 bits per heavy atom. The van der Waals surface area contributed by atoms with Gasteiger partial charge in [-0.1, -0.05) is 5.92 Å². The first-order valence-corrected chi connectivity index (χ1v) is 3.57. The summed E-state index contributed by atoms with van der Waals surface area (Å²) < 4.78 is 0. The molecule has 0 aliphatic rings. The van der Waals surface area contributed by atoms with E-state index >= 15 is 0 Å². The molecule has 0 saturated carbocycles. The Bertz CT molecular complexity index is 304. The van der Waals surface area contributed by atoms with E-state index < -0.39 is 6.04 Å². The summed E-state index contributed by atoms with van der Waals surface area (Å²) in [5.74, 6) is 2.46. The largest absolute Gasteiger partial charge is 0.394 e. The molecule has 0 aliphatic heterocycles. The molecule has 3 N–H and O–H groups in total. The van der Waals surface area contributed by atoms with Crippen LogP contribution in [-0.2, 0) is 0 Å². The minimum Gasteiger partial charge on any atom is -0.394 e. The summed E-state index contributed by atoms with van der Waals surface area (Å²) in [5, 5.41) is 8.77. The van der Waals surface area contributed by atoms with Gasteiger partial charge in [-0.15, -0.1) is 6.42 Å². The van der Waals surface area contributed by atoms with Crippen molar-refractivity contribution in [1.82, 2.24) is 4.98 Å². The number of aliphatic hydroxyl groups excluding tert-OH is 1. The number of hydrogen-bond acceptors (Lipinski definition) is 3. The third-order valence-electron chi connectivity index (χ3n) is 1.54. The van der Waals surface area contributed by atoms with Gasteiger partial charge in [-0.2, -0.15) is 0 Å². The van der Waals surface area contributed by atoms with E-state index in [4.69, 9.17) is 17.3 Å². The predicted octanol–water partition coefficient (Wildman–Crippen LogP) is 0.0550. The quantitative estimate of drug-likeness (QED) is 0.604. The Kier molecular flexibility index (Phi) is 2.81. The van der Waals surface area contributed by atoms with E-state index in [-0.39, 0.29) is 6.61 Å². The van der Waals surface area contributed by atoms with Crippen molar-refractivity contribution in [1.29, 1.82) is 0 Å². The molecule has 0 aliphatic carbocycles. The van der Waals surface area contributed by atoms with Crippen molar-refractivity contribution in [2.45, 2.75) is 6.04 Å². The van der Waals surface area contributed by atoms with Crippen molar-refractivity contribution in [2.75, 3.05) is 6.61 Å². The first-order chi connectivity index (χ1) is 5.79. The molecule has 3 nitrogen and oxygen atoms in total. The Hall–Kier alpha value is -1.37. The Balaban J connectivity index is 3.07. The predicted molar refractivity (Wildman–Crippen MR) is 46.2 cm³/mol. The molecule has 0 amide bonds. The van der Waals surface area contributed by atoms with E-state index in [1.807, 2.05) is 0 Å². The monoisotopic (exact) mass is 162 g/mol. The average molecular weight is 162 g/mol. The average Bonchev–Trinajstić information content (AvgIpc) is 2.16. The summed E-state index contributed by atoms with van der Waals surface area (Å²) in [6.07, 6.45) is 6.82. The second kappa shape index (κ2) is 3.86. The lowest BCUT2D eigenvalue weighted by Gasteiger charge is -2.08. The standard InChI is InChI=1S/C9H10N2O/c1-2-7-4-3-5-11-9(7)8(10)6-12/h1,3-5,8,12H,6,10H2/t8-/m1/s1. The summed E-state index contributed by atoms with van der Waals surface area (Å²) in [6.45, 7) is -0.147. The summed E-state index contributed by atoms with van der Waals surface area (Å²) in [7, 11) is 0. The topological polar surface area (TPSA) is 59.1 Å². The van der Waals surface area contributed by atoms with Crippen LogP contribution in [0.2, 0.25) is 0 Å². The lowest BCUT2D eigenvalue weighted by Crippen LogP contribution is -2.17. The molecule has 1 aromatic rings. The second-order valence-electron chi connectivity index (χ2n) is 2.37. The zero-order valence-electron chi connectivity index (χ0n) is 6.57. The van der Waals surface area contributed by atoms with Crippen LogP contribution in [0.1, 0.15) is 17.3 Å². The van der Waals surface area contributed by atoms with Gasteiger partial charge in [0, 0.05) is 11.8 Å². The van der Waals surface area contributed by atoms with Crippen LogP contribution >= 0.6 is 0 Å². The number of rotatable bonds is 2. The fourth-order valence-electron chi connectivity index (χ4n) is 0.922. The summed E-state index contributed by atoms with van der Waals surface area (Å²) in [6, 6.07) is 3.00. The molecule has 1 atom stereocenters. The highest BCUT2D eigenvalue weighted by molar-refractivity contribution is 5.37. The maximum absolute atomic E-state index is 8.77. The van der Waals surface area contributed by atoms with Crippen LogP contribution in [0.25, 0.3) is 0 Å². The smallest absolute Gasteiger partial charge is 0.0750 e. The van der Waals surface area contributed by atoms with Crippen molar-refractivity contribution < 1.29 is 5.11 Å². The molecule has 12 heavy (non-hydrogen) atoms. The first kappa shape index (κ1) is 8.72. The fraction of sp³-hybridized carbons (Fsp3) is 0.222. The molecule has 0 saturated heterocycles. The molecule has 62 valence electrons. The molecule has 0 bridgehead atoms. The van der Waals surface area contributed by atoms with Crippen molar-refractivity contribution in [3.8, 4) is 12.3 Å². The van der Waals surface area contributed by atoms with Crippen molar-refractivity contribution in [3.05, 3.63) is 29.6 Å². The molecule has 1 rings (SSSR count). The zero-order valence-corrected chi connectivity index (χ0v) is 6.57. The number of hydrogen-bond donors (Lipinski definition) is 2. The van der Waals surface area contributed by atoms with Crippen LogP contribution in [0.3, 0.4) is 0 Å². The summed E-state index contributed by atoms with van der Waals surface area (Å²) in [5.41, 5.74) is 6.77. The second-order valence-corrected chi connectivity index (χ2v) is 2.37. The lowest BCUT2D eigenvalue weighted by atomic mass is 10.1. The maximum Gasteiger partial charge on any atom is 0.0750 e. The first-order valence-electron chi connectivity index (χ1n) is 3.57. The molecule has 0 aromatic carbocycles. The number of pyridine rings is 1. The Labute approximate surface area is 71.2 Å². The van der Waals surface area contributed by atoms with Crippen molar-refractivity contribution in [2.24, 2.45) is 5.73 Å². The van der Waals surface area contributed by atoms with Gasteiger partial charge in [0.15, 0.2) is 0 Å². The Morgan fingerprint density at radius 1 is 1.75 bits per heavy atom. The summed E-state index contributed by atoms with van der Waals surface area (Å²) in [4.78, 5) is 3.99. The molecule has 1 aromatic heterocycles. The van der Waals surface area contributed by atoms with Gasteiger partial charge in [0.2, 0.25) is 0 Å².